The minimum atomic E-state index is -0.245. The van der Waals surface area contributed by atoms with Crippen LogP contribution in [0.1, 0.15) is 30.9 Å². The molecule has 5 nitrogen and oxygen atoms in total. The number of benzene rings is 1. The molecule has 2 amide bonds. The number of nitrogens with one attached hydrogen (secondary N) is 2. The molecule has 138 valence electrons. The van der Waals surface area contributed by atoms with Gasteiger partial charge in [-0.05, 0) is 50.6 Å². The van der Waals surface area contributed by atoms with E-state index < -0.39 is 0 Å². The van der Waals surface area contributed by atoms with Crippen LogP contribution in [0.15, 0.2) is 24.3 Å². The average molecular weight is 348 g/mol. The van der Waals surface area contributed by atoms with Crippen LogP contribution in [-0.4, -0.2) is 62.1 Å². The van der Waals surface area contributed by atoms with Gasteiger partial charge in [0.1, 0.15) is 5.82 Å². The van der Waals surface area contributed by atoms with Crippen molar-refractivity contribution in [3.63, 3.8) is 0 Å². The van der Waals surface area contributed by atoms with Crippen molar-refractivity contribution in [3.8, 4) is 0 Å². The molecule has 2 atom stereocenters. The first kappa shape index (κ1) is 18.1. The molecule has 1 aromatic rings. The van der Waals surface area contributed by atoms with Gasteiger partial charge in [-0.15, -0.1) is 0 Å². The average Bonchev–Trinajstić information content (AvgIpc) is 2.54. The van der Waals surface area contributed by atoms with Crippen LogP contribution in [0.4, 0.5) is 9.18 Å². The Morgan fingerprint density at radius 3 is 2.60 bits per heavy atom. The van der Waals surface area contributed by atoms with Crippen LogP contribution >= 0.6 is 0 Å². The van der Waals surface area contributed by atoms with Gasteiger partial charge in [0.2, 0.25) is 0 Å². The summed E-state index contributed by atoms with van der Waals surface area (Å²) in [5.74, 6) is 0.199. The van der Waals surface area contributed by atoms with Crippen LogP contribution in [0.5, 0.6) is 0 Å². The molecule has 1 aliphatic carbocycles. The normalized spacial score (nSPS) is 23.7. The molecule has 1 saturated carbocycles. The zero-order valence-electron chi connectivity index (χ0n) is 15.2. The van der Waals surface area contributed by atoms with Gasteiger partial charge in [0, 0.05) is 32.2 Å². The fourth-order valence-electron chi connectivity index (χ4n) is 3.64. The standard InChI is InChI=1S/C19H29FN4O/c1-23-10-11-24(2)17(13-23)12-21-19(25)22-18(14-4-3-5-14)15-6-8-16(20)9-7-15/h6-9,14,17-18H,3-5,10-13H2,1-2H3,(H2,21,22,25)/t17-,18-/m1/s1. The molecule has 1 heterocycles. The third-order valence-electron chi connectivity index (χ3n) is 5.62. The maximum Gasteiger partial charge on any atom is 0.315 e. The predicted octanol–water partition coefficient (Wildman–Crippen LogP) is 2.21. The van der Waals surface area contributed by atoms with Gasteiger partial charge in [-0.3, -0.25) is 4.90 Å². The van der Waals surface area contributed by atoms with Gasteiger partial charge in [0.05, 0.1) is 6.04 Å². The minimum Gasteiger partial charge on any atom is -0.337 e. The highest BCUT2D eigenvalue weighted by atomic mass is 19.1. The van der Waals surface area contributed by atoms with Crippen LogP contribution < -0.4 is 10.6 Å². The second kappa shape index (κ2) is 8.15. The lowest BCUT2D eigenvalue weighted by Crippen LogP contribution is -2.55. The van der Waals surface area contributed by atoms with Crippen LogP contribution in [0.3, 0.4) is 0 Å². The second-order valence-corrected chi connectivity index (χ2v) is 7.47. The van der Waals surface area contributed by atoms with E-state index in [-0.39, 0.29) is 17.9 Å². The molecule has 0 unspecified atom stereocenters. The first-order valence-electron chi connectivity index (χ1n) is 9.21. The van der Waals surface area contributed by atoms with E-state index in [4.69, 9.17) is 0 Å². The summed E-state index contributed by atoms with van der Waals surface area (Å²) < 4.78 is 13.2. The number of hydrogen-bond donors (Lipinski definition) is 2. The highest BCUT2D eigenvalue weighted by Crippen LogP contribution is 2.37. The fraction of sp³-hybridized carbons (Fsp3) is 0.632. The van der Waals surface area contributed by atoms with Crippen molar-refractivity contribution in [1.29, 1.82) is 0 Å². The number of piperazine rings is 1. The minimum absolute atomic E-state index is 0.0406. The monoisotopic (exact) mass is 348 g/mol. The van der Waals surface area contributed by atoms with E-state index in [9.17, 15) is 9.18 Å². The van der Waals surface area contributed by atoms with Crippen molar-refractivity contribution >= 4 is 6.03 Å². The predicted molar refractivity (Wildman–Crippen MR) is 96.9 cm³/mol. The molecule has 25 heavy (non-hydrogen) atoms. The third kappa shape index (κ3) is 4.70. The molecule has 6 heteroatoms. The van der Waals surface area contributed by atoms with E-state index in [1.54, 1.807) is 12.1 Å². The zero-order chi connectivity index (χ0) is 17.8. The number of rotatable bonds is 5. The maximum atomic E-state index is 13.2. The van der Waals surface area contributed by atoms with Crippen LogP contribution in [0.25, 0.3) is 0 Å². The Kier molecular flexibility index (Phi) is 5.91. The molecule has 0 aromatic heterocycles. The molecular formula is C19H29FN4O. The maximum absolute atomic E-state index is 13.2. The Labute approximate surface area is 149 Å². The summed E-state index contributed by atoms with van der Waals surface area (Å²) in [6.07, 6.45) is 3.42. The van der Waals surface area contributed by atoms with Gasteiger partial charge in [0.15, 0.2) is 0 Å². The van der Waals surface area contributed by atoms with Crippen molar-refractivity contribution in [2.45, 2.75) is 31.3 Å². The van der Waals surface area contributed by atoms with E-state index in [0.717, 1.165) is 38.0 Å². The quantitative estimate of drug-likeness (QED) is 0.858. The first-order valence-corrected chi connectivity index (χ1v) is 9.21. The summed E-state index contributed by atoms with van der Waals surface area (Å²) in [4.78, 5) is 17.0. The van der Waals surface area contributed by atoms with Crippen LogP contribution in [-0.2, 0) is 0 Å². The first-order chi connectivity index (χ1) is 12.0. The molecule has 2 N–H and O–H groups in total. The topological polar surface area (TPSA) is 47.6 Å². The number of halogens is 1. The van der Waals surface area contributed by atoms with Gasteiger partial charge in [0.25, 0.3) is 0 Å². The molecule has 2 aliphatic rings. The van der Waals surface area contributed by atoms with Crippen molar-refractivity contribution in [1.82, 2.24) is 20.4 Å². The lowest BCUT2D eigenvalue weighted by atomic mass is 9.77. The Hall–Kier alpha value is -1.66. The Morgan fingerprint density at radius 1 is 1.24 bits per heavy atom. The zero-order valence-corrected chi connectivity index (χ0v) is 15.2. The number of hydrogen-bond acceptors (Lipinski definition) is 3. The smallest absolute Gasteiger partial charge is 0.315 e. The molecule has 0 spiro atoms. The highest BCUT2D eigenvalue weighted by Gasteiger charge is 2.30. The summed E-state index contributed by atoms with van der Waals surface area (Å²) in [5, 5.41) is 6.14. The number of carbonyl (C=O) groups is 1. The summed E-state index contributed by atoms with van der Waals surface area (Å²) >= 11 is 0. The molecule has 3 rings (SSSR count). The summed E-state index contributed by atoms with van der Waals surface area (Å²) in [7, 11) is 4.22. The van der Waals surface area contributed by atoms with Gasteiger partial charge in [-0.2, -0.15) is 0 Å². The Morgan fingerprint density at radius 2 is 1.96 bits per heavy atom. The van der Waals surface area contributed by atoms with Crippen molar-refractivity contribution < 1.29 is 9.18 Å². The summed E-state index contributed by atoms with van der Waals surface area (Å²) in [6, 6.07) is 6.65. The highest BCUT2D eigenvalue weighted by molar-refractivity contribution is 5.74. The van der Waals surface area contributed by atoms with E-state index in [0.29, 0.717) is 18.5 Å². The van der Waals surface area contributed by atoms with E-state index in [2.05, 4.69) is 34.5 Å². The van der Waals surface area contributed by atoms with Crippen molar-refractivity contribution in [2.24, 2.45) is 5.92 Å². The SMILES string of the molecule is CN1CCN(C)[C@H](CNC(=O)N[C@@H](c2ccc(F)cc2)C2CCC2)C1. The Bertz CT molecular complexity index is 575. The van der Waals surface area contributed by atoms with Crippen molar-refractivity contribution in [2.75, 3.05) is 40.3 Å². The number of carbonyl (C=O) groups excluding carboxylic acids is 1. The number of amides is 2. The third-order valence-corrected chi connectivity index (χ3v) is 5.62. The molecule has 2 fully saturated rings. The molecule has 1 aromatic carbocycles. The van der Waals surface area contributed by atoms with Crippen LogP contribution in [0, 0.1) is 11.7 Å². The van der Waals surface area contributed by atoms with Gasteiger partial charge in [-0.25, -0.2) is 9.18 Å². The van der Waals surface area contributed by atoms with Crippen molar-refractivity contribution in [3.05, 3.63) is 35.6 Å². The van der Waals surface area contributed by atoms with Gasteiger partial charge in [-0.1, -0.05) is 18.6 Å². The number of likely N-dealkylation sites (N-methyl/N-ethyl adjacent to an activating group) is 2. The second-order valence-electron chi connectivity index (χ2n) is 7.47. The van der Waals surface area contributed by atoms with Gasteiger partial charge < -0.3 is 15.5 Å². The lowest BCUT2D eigenvalue weighted by molar-refractivity contribution is 0.114. The fourth-order valence-corrected chi connectivity index (χ4v) is 3.64. The largest absolute Gasteiger partial charge is 0.337 e. The number of urea groups is 1. The van der Waals surface area contributed by atoms with Crippen LogP contribution in [0.2, 0.25) is 0 Å². The molecule has 0 bridgehead atoms. The molecular weight excluding hydrogens is 319 g/mol. The molecule has 1 aliphatic heterocycles. The Balaban J connectivity index is 1.56. The van der Waals surface area contributed by atoms with E-state index in [1.165, 1.54) is 18.6 Å². The summed E-state index contributed by atoms with van der Waals surface area (Å²) in [6.45, 7) is 3.67. The lowest BCUT2D eigenvalue weighted by Gasteiger charge is -2.38. The number of nitrogens with zero attached hydrogens (tertiary/aromatic N) is 2. The molecule has 0 radical (unpaired) electrons. The summed E-state index contributed by atoms with van der Waals surface area (Å²) in [5.41, 5.74) is 0.982. The van der Waals surface area contributed by atoms with Gasteiger partial charge >= 0.3 is 6.03 Å². The molecule has 1 saturated heterocycles. The van der Waals surface area contributed by atoms with E-state index >= 15 is 0 Å². The van der Waals surface area contributed by atoms with E-state index in [1.807, 2.05) is 0 Å².